The van der Waals surface area contributed by atoms with Crippen molar-refractivity contribution in [2.75, 3.05) is 14.1 Å². The summed E-state index contributed by atoms with van der Waals surface area (Å²) in [5.74, 6) is 0.254. The van der Waals surface area contributed by atoms with Crippen molar-refractivity contribution in [3.05, 3.63) is 52.3 Å². The Morgan fingerprint density at radius 1 is 1.11 bits per heavy atom. The molecule has 1 fully saturated rings. The standard InChI is InChI=1S/C19H21ClN6O2/c1-11-9-12(2)26(22-11)18-21-16-15(23(18)3)17(27)25(19(28)24(16)4)10-13-7-5-6-8-14(13)20/h5-9,15-16H,10H2,1-4H3. The molecule has 1 saturated heterocycles. The highest BCUT2D eigenvalue weighted by atomic mass is 35.5. The average Bonchev–Trinajstić information content (AvgIpc) is 3.17. The molecule has 0 N–H and O–H groups in total. The summed E-state index contributed by atoms with van der Waals surface area (Å²) in [6, 6.07) is 8.14. The number of benzene rings is 1. The molecule has 2 aromatic rings. The van der Waals surface area contributed by atoms with E-state index in [1.54, 1.807) is 29.7 Å². The van der Waals surface area contributed by atoms with Crippen LogP contribution in [0.5, 0.6) is 0 Å². The van der Waals surface area contributed by atoms with Gasteiger partial charge in [-0.2, -0.15) is 5.10 Å². The number of amides is 3. The van der Waals surface area contributed by atoms with Crippen molar-refractivity contribution >= 4 is 29.5 Å². The molecule has 0 aliphatic carbocycles. The first kappa shape index (κ1) is 18.5. The van der Waals surface area contributed by atoms with Crippen molar-refractivity contribution in [1.82, 2.24) is 24.5 Å². The van der Waals surface area contributed by atoms with E-state index in [4.69, 9.17) is 11.6 Å². The van der Waals surface area contributed by atoms with Gasteiger partial charge in [-0.15, -0.1) is 0 Å². The quantitative estimate of drug-likeness (QED) is 0.773. The van der Waals surface area contributed by atoms with Crippen LogP contribution < -0.4 is 0 Å². The van der Waals surface area contributed by atoms with E-state index in [0.717, 1.165) is 17.0 Å². The number of rotatable bonds is 2. The Labute approximate surface area is 168 Å². The predicted octanol–water partition coefficient (Wildman–Crippen LogP) is 2.09. The second-order valence-corrected chi connectivity index (χ2v) is 7.55. The summed E-state index contributed by atoms with van der Waals surface area (Å²) in [4.78, 5) is 35.3. The first-order valence-corrected chi connectivity index (χ1v) is 9.33. The summed E-state index contributed by atoms with van der Waals surface area (Å²) in [7, 11) is 3.46. The maximum Gasteiger partial charge on any atom is 0.328 e. The van der Waals surface area contributed by atoms with Crippen molar-refractivity contribution in [1.29, 1.82) is 0 Å². The van der Waals surface area contributed by atoms with Crippen molar-refractivity contribution in [2.45, 2.75) is 32.6 Å². The third kappa shape index (κ3) is 2.75. The molecule has 2 aliphatic rings. The van der Waals surface area contributed by atoms with Crippen LogP contribution in [0.1, 0.15) is 17.0 Å². The number of carbonyl (C=O) groups excluding carboxylic acids is 2. The molecule has 2 unspecified atom stereocenters. The summed E-state index contributed by atoms with van der Waals surface area (Å²) in [6.07, 6.45) is -0.591. The minimum absolute atomic E-state index is 0.119. The van der Waals surface area contributed by atoms with Crippen LogP contribution in [0.4, 0.5) is 4.79 Å². The maximum atomic E-state index is 13.2. The van der Waals surface area contributed by atoms with Gasteiger partial charge in [0.25, 0.3) is 5.91 Å². The predicted molar refractivity (Wildman–Crippen MR) is 105 cm³/mol. The van der Waals surface area contributed by atoms with Gasteiger partial charge in [0.2, 0.25) is 5.96 Å². The molecular formula is C19H21ClN6O2. The van der Waals surface area contributed by atoms with E-state index in [0.29, 0.717) is 11.0 Å². The lowest BCUT2D eigenvalue weighted by Crippen LogP contribution is -2.64. The molecule has 1 aromatic carbocycles. The third-order valence-corrected chi connectivity index (χ3v) is 5.57. The van der Waals surface area contributed by atoms with Gasteiger partial charge >= 0.3 is 6.03 Å². The van der Waals surface area contributed by atoms with Gasteiger partial charge in [0.05, 0.1) is 12.2 Å². The van der Waals surface area contributed by atoms with E-state index in [9.17, 15) is 9.59 Å². The van der Waals surface area contributed by atoms with Crippen molar-refractivity contribution in [2.24, 2.45) is 4.99 Å². The lowest BCUT2D eigenvalue weighted by Gasteiger charge is -2.40. The number of aryl methyl sites for hydroxylation is 2. The number of halogens is 1. The van der Waals surface area contributed by atoms with Crippen LogP contribution in [0.3, 0.4) is 0 Å². The van der Waals surface area contributed by atoms with Crippen LogP contribution in [0.2, 0.25) is 5.02 Å². The van der Waals surface area contributed by atoms with Gasteiger partial charge in [0.15, 0.2) is 12.2 Å². The maximum absolute atomic E-state index is 13.2. The molecule has 1 aromatic heterocycles. The van der Waals surface area contributed by atoms with E-state index in [1.165, 1.54) is 9.80 Å². The minimum atomic E-state index is -0.607. The summed E-state index contributed by atoms with van der Waals surface area (Å²) < 4.78 is 1.71. The fourth-order valence-electron chi connectivity index (χ4n) is 3.73. The van der Waals surface area contributed by atoms with Crippen LogP contribution in [-0.4, -0.2) is 68.7 Å². The molecule has 0 radical (unpaired) electrons. The number of likely N-dealkylation sites (N-methyl/N-ethyl adjacent to an activating group) is 2. The highest BCUT2D eigenvalue weighted by molar-refractivity contribution is 6.31. The van der Waals surface area contributed by atoms with Gasteiger partial charge in [0, 0.05) is 24.8 Å². The third-order valence-electron chi connectivity index (χ3n) is 5.20. The van der Waals surface area contributed by atoms with Crippen LogP contribution in [-0.2, 0) is 11.3 Å². The topological polar surface area (TPSA) is 74.0 Å². The van der Waals surface area contributed by atoms with Gasteiger partial charge < -0.3 is 9.80 Å². The minimum Gasteiger partial charge on any atom is -0.328 e. The highest BCUT2D eigenvalue weighted by Crippen LogP contribution is 2.29. The summed E-state index contributed by atoms with van der Waals surface area (Å²) >= 11 is 6.23. The second-order valence-electron chi connectivity index (χ2n) is 7.15. The van der Waals surface area contributed by atoms with Gasteiger partial charge in [-0.25, -0.2) is 14.5 Å². The normalized spacial score (nSPS) is 22.0. The first-order valence-electron chi connectivity index (χ1n) is 8.95. The van der Waals surface area contributed by atoms with Crippen molar-refractivity contribution < 1.29 is 9.59 Å². The zero-order chi connectivity index (χ0) is 20.2. The molecule has 0 bridgehead atoms. The molecule has 146 valence electrons. The molecular weight excluding hydrogens is 380 g/mol. The van der Waals surface area contributed by atoms with E-state index in [2.05, 4.69) is 10.1 Å². The SMILES string of the molecule is Cc1cc(C)n(C2=NC3C(C(=O)N(Cc4ccccc4Cl)C(=O)N3C)N2C)n1. The fourth-order valence-corrected chi connectivity index (χ4v) is 3.93. The number of hydrogen-bond acceptors (Lipinski definition) is 5. The molecule has 28 heavy (non-hydrogen) atoms. The van der Waals surface area contributed by atoms with Gasteiger partial charge in [-0.05, 0) is 31.5 Å². The molecule has 3 heterocycles. The number of fused-ring (bicyclic) bond motifs is 1. The lowest BCUT2D eigenvalue weighted by atomic mass is 10.1. The molecule has 8 nitrogen and oxygen atoms in total. The van der Waals surface area contributed by atoms with Gasteiger partial charge in [0.1, 0.15) is 0 Å². The Hall–Kier alpha value is -2.87. The van der Waals surface area contributed by atoms with E-state index < -0.39 is 18.2 Å². The molecule has 2 atom stereocenters. The van der Waals surface area contributed by atoms with E-state index in [-0.39, 0.29) is 12.5 Å². The zero-order valence-electron chi connectivity index (χ0n) is 16.1. The molecule has 0 saturated carbocycles. The number of aromatic nitrogens is 2. The Morgan fingerprint density at radius 2 is 1.82 bits per heavy atom. The monoisotopic (exact) mass is 400 g/mol. The largest absolute Gasteiger partial charge is 0.328 e. The van der Waals surface area contributed by atoms with Gasteiger partial charge in [-0.1, -0.05) is 29.8 Å². The lowest BCUT2D eigenvalue weighted by molar-refractivity contribution is -0.137. The number of nitrogens with zero attached hydrogens (tertiary/aromatic N) is 6. The first-order chi connectivity index (χ1) is 13.3. The molecule has 2 aliphatic heterocycles. The fraction of sp³-hybridized carbons (Fsp3) is 0.368. The Bertz CT molecular complexity index is 1000. The van der Waals surface area contributed by atoms with Crippen LogP contribution in [0, 0.1) is 13.8 Å². The summed E-state index contributed by atoms with van der Waals surface area (Å²) in [6.45, 7) is 3.95. The summed E-state index contributed by atoms with van der Waals surface area (Å²) in [5, 5.41) is 4.99. The van der Waals surface area contributed by atoms with Crippen LogP contribution in [0.15, 0.2) is 35.3 Å². The Kier molecular flexibility index (Phi) is 4.38. The highest BCUT2D eigenvalue weighted by Gasteiger charge is 2.51. The average molecular weight is 401 g/mol. The Balaban J connectivity index is 1.67. The molecule has 4 rings (SSSR count). The molecule has 0 spiro atoms. The van der Waals surface area contributed by atoms with Crippen LogP contribution >= 0.6 is 11.6 Å². The van der Waals surface area contributed by atoms with E-state index in [1.807, 2.05) is 38.1 Å². The van der Waals surface area contributed by atoms with Crippen molar-refractivity contribution in [3.8, 4) is 0 Å². The van der Waals surface area contributed by atoms with E-state index >= 15 is 0 Å². The smallest absolute Gasteiger partial charge is 0.328 e. The number of urea groups is 1. The Morgan fingerprint density at radius 3 is 2.46 bits per heavy atom. The number of carbonyl (C=O) groups is 2. The number of hydrogen-bond donors (Lipinski definition) is 0. The van der Waals surface area contributed by atoms with Gasteiger partial charge in [-0.3, -0.25) is 9.69 Å². The molecule has 3 amide bonds. The van der Waals surface area contributed by atoms with Crippen molar-refractivity contribution in [3.63, 3.8) is 0 Å². The number of imide groups is 1. The summed E-state index contributed by atoms with van der Waals surface area (Å²) in [5.41, 5.74) is 2.49. The molecule has 9 heteroatoms. The second kappa shape index (κ2) is 6.63. The van der Waals surface area contributed by atoms with Crippen LogP contribution in [0.25, 0.3) is 0 Å². The number of aliphatic imine (C=N–C) groups is 1. The zero-order valence-corrected chi connectivity index (χ0v) is 16.9.